The SMILES string of the molecule is Cl.O=C(O)[C@@H]1CN(Cc2cc(F)ccc2F)C[C@H]1C(F)(F)F. The standard InChI is InChI=1S/C13H12F5NO2.ClH/c14-8-1-2-11(15)7(3-8)4-19-5-9(12(20)21)10(6-19)13(16,17)18;/h1-3,9-10H,4-6H2,(H,20,21);1H/t9-,10-;/m1./s1. The van der Waals surface area contributed by atoms with Crippen molar-refractivity contribution in [1.29, 1.82) is 0 Å². The first-order chi connectivity index (χ1) is 9.68. The summed E-state index contributed by atoms with van der Waals surface area (Å²) >= 11 is 0. The van der Waals surface area contributed by atoms with Crippen LogP contribution in [0.4, 0.5) is 22.0 Å². The van der Waals surface area contributed by atoms with Crippen molar-refractivity contribution in [1.82, 2.24) is 4.90 Å². The van der Waals surface area contributed by atoms with Gasteiger partial charge in [0.2, 0.25) is 0 Å². The molecule has 9 heteroatoms. The minimum atomic E-state index is -4.64. The molecule has 1 N–H and O–H groups in total. The van der Waals surface area contributed by atoms with Gasteiger partial charge in [-0.15, -0.1) is 12.4 Å². The number of alkyl halides is 3. The molecule has 0 radical (unpaired) electrons. The number of halogens is 6. The minimum absolute atomic E-state index is 0. The van der Waals surface area contributed by atoms with Crippen LogP contribution in [0.25, 0.3) is 0 Å². The summed E-state index contributed by atoms with van der Waals surface area (Å²) in [5, 5.41) is 8.87. The number of likely N-dealkylation sites (tertiary alicyclic amines) is 1. The van der Waals surface area contributed by atoms with Crippen LogP contribution in [0.1, 0.15) is 5.56 Å². The fourth-order valence-electron chi connectivity index (χ4n) is 2.50. The summed E-state index contributed by atoms with van der Waals surface area (Å²) in [6, 6.07) is 2.68. The van der Waals surface area contributed by atoms with E-state index in [1.165, 1.54) is 4.90 Å². The van der Waals surface area contributed by atoms with Gasteiger partial charge in [0.15, 0.2) is 0 Å². The van der Waals surface area contributed by atoms with Crippen molar-refractivity contribution in [2.24, 2.45) is 11.8 Å². The molecule has 1 aromatic rings. The Kier molecular flexibility index (Phi) is 5.75. The van der Waals surface area contributed by atoms with Crippen LogP contribution in [0.3, 0.4) is 0 Å². The zero-order chi connectivity index (χ0) is 15.8. The van der Waals surface area contributed by atoms with Gasteiger partial charge in [-0.2, -0.15) is 13.2 Å². The highest BCUT2D eigenvalue weighted by atomic mass is 35.5. The normalized spacial score (nSPS) is 22.4. The summed E-state index contributed by atoms with van der Waals surface area (Å²) in [6.45, 7) is -1.16. The molecule has 0 unspecified atom stereocenters. The Balaban J connectivity index is 0.00000242. The zero-order valence-corrected chi connectivity index (χ0v) is 11.9. The van der Waals surface area contributed by atoms with Crippen LogP contribution in [-0.2, 0) is 11.3 Å². The summed E-state index contributed by atoms with van der Waals surface area (Å²) in [5.41, 5.74) is -0.0954. The molecule has 1 aromatic carbocycles. The van der Waals surface area contributed by atoms with E-state index in [2.05, 4.69) is 0 Å². The Morgan fingerprint density at radius 2 is 1.91 bits per heavy atom. The van der Waals surface area contributed by atoms with Crippen LogP contribution in [-0.4, -0.2) is 35.2 Å². The first-order valence-corrected chi connectivity index (χ1v) is 6.14. The van der Waals surface area contributed by atoms with Gasteiger partial charge in [-0.25, -0.2) is 8.78 Å². The Morgan fingerprint density at radius 1 is 1.27 bits per heavy atom. The molecule has 2 atom stereocenters. The van der Waals surface area contributed by atoms with Crippen molar-refractivity contribution in [2.45, 2.75) is 12.7 Å². The molecular formula is C13H13ClF5NO2. The number of nitrogens with zero attached hydrogens (tertiary/aromatic N) is 1. The van der Waals surface area contributed by atoms with Gasteiger partial charge < -0.3 is 5.11 Å². The van der Waals surface area contributed by atoms with Crippen molar-refractivity contribution < 1.29 is 31.9 Å². The highest BCUT2D eigenvalue weighted by Crippen LogP contribution is 2.38. The third-order valence-corrected chi connectivity index (χ3v) is 3.53. The number of aliphatic carboxylic acids is 1. The highest BCUT2D eigenvalue weighted by molar-refractivity contribution is 5.85. The molecule has 3 nitrogen and oxygen atoms in total. The quantitative estimate of drug-likeness (QED) is 0.856. The summed E-state index contributed by atoms with van der Waals surface area (Å²) in [5.74, 6) is -6.58. The molecule has 0 aliphatic carbocycles. The van der Waals surface area contributed by atoms with E-state index in [-0.39, 0.29) is 31.1 Å². The molecule has 0 saturated carbocycles. The maximum Gasteiger partial charge on any atom is 0.393 e. The Hall–Kier alpha value is -1.41. The summed E-state index contributed by atoms with van der Waals surface area (Å²) in [7, 11) is 0. The maximum absolute atomic E-state index is 13.5. The Morgan fingerprint density at radius 3 is 2.41 bits per heavy atom. The first-order valence-electron chi connectivity index (χ1n) is 6.14. The molecule has 1 saturated heterocycles. The lowest BCUT2D eigenvalue weighted by Gasteiger charge is -2.18. The van der Waals surface area contributed by atoms with Crippen LogP contribution < -0.4 is 0 Å². The smallest absolute Gasteiger partial charge is 0.393 e. The molecule has 0 spiro atoms. The van der Waals surface area contributed by atoms with Crippen LogP contribution in [0.15, 0.2) is 18.2 Å². The lowest BCUT2D eigenvalue weighted by Crippen LogP contribution is -2.33. The maximum atomic E-state index is 13.5. The average Bonchev–Trinajstić information content (AvgIpc) is 2.78. The van der Waals surface area contributed by atoms with E-state index in [1.54, 1.807) is 0 Å². The lowest BCUT2D eigenvalue weighted by molar-refractivity contribution is -0.188. The van der Waals surface area contributed by atoms with Gasteiger partial charge in [-0.1, -0.05) is 0 Å². The Labute approximate surface area is 129 Å². The molecule has 2 rings (SSSR count). The summed E-state index contributed by atoms with van der Waals surface area (Å²) in [6.07, 6.45) is -4.64. The number of hydrogen-bond donors (Lipinski definition) is 1. The number of carboxylic acid groups (broad SMARTS) is 1. The molecule has 0 amide bonds. The highest BCUT2D eigenvalue weighted by Gasteiger charge is 2.52. The minimum Gasteiger partial charge on any atom is -0.481 e. The number of carbonyl (C=O) groups is 1. The molecule has 0 bridgehead atoms. The van der Waals surface area contributed by atoms with Gasteiger partial charge in [0.05, 0.1) is 11.8 Å². The van der Waals surface area contributed by atoms with Gasteiger partial charge in [0, 0.05) is 25.2 Å². The number of rotatable bonds is 3. The first kappa shape index (κ1) is 18.6. The van der Waals surface area contributed by atoms with E-state index in [4.69, 9.17) is 5.11 Å². The van der Waals surface area contributed by atoms with Crippen LogP contribution in [0, 0.1) is 23.5 Å². The molecule has 22 heavy (non-hydrogen) atoms. The van der Waals surface area contributed by atoms with E-state index in [9.17, 15) is 26.7 Å². The van der Waals surface area contributed by atoms with Crippen molar-refractivity contribution in [2.75, 3.05) is 13.1 Å². The average molecular weight is 346 g/mol. The van der Waals surface area contributed by atoms with Gasteiger partial charge in [-0.05, 0) is 18.2 Å². The topological polar surface area (TPSA) is 40.5 Å². The molecule has 1 aliphatic heterocycles. The fraction of sp³-hybridized carbons (Fsp3) is 0.462. The molecule has 124 valence electrons. The lowest BCUT2D eigenvalue weighted by atomic mass is 9.96. The van der Waals surface area contributed by atoms with E-state index in [0.717, 1.165) is 18.2 Å². The van der Waals surface area contributed by atoms with Crippen molar-refractivity contribution in [3.8, 4) is 0 Å². The van der Waals surface area contributed by atoms with E-state index in [1.807, 2.05) is 0 Å². The number of carboxylic acids is 1. The van der Waals surface area contributed by atoms with Crippen molar-refractivity contribution in [3.63, 3.8) is 0 Å². The zero-order valence-electron chi connectivity index (χ0n) is 11.1. The van der Waals surface area contributed by atoms with Gasteiger partial charge in [0.25, 0.3) is 0 Å². The van der Waals surface area contributed by atoms with Crippen LogP contribution in [0.5, 0.6) is 0 Å². The van der Waals surface area contributed by atoms with Crippen molar-refractivity contribution in [3.05, 3.63) is 35.4 Å². The molecule has 0 aromatic heterocycles. The van der Waals surface area contributed by atoms with Crippen molar-refractivity contribution >= 4 is 18.4 Å². The van der Waals surface area contributed by atoms with Crippen LogP contribution >= 0.6 is 12.4 Å². The second-order valence-corrected chi connectivity index (χ2v) is 5.02. The second kappa shape index (κ2) is 6.78. The molecule has 1 fully saturated rings. The third kappa shape index (κ3) is 4.07. The summed E-state index contributed by atoms with van der Waals surface area (Å²) in [4.78, 5) is 12.1. The fourth-order valence-corrected chi connectivity index (χ4v) is 2.50. The number of benzene rings is 1. The predicted octanol–water partition coefficient (Wildman–Crippen LogP) is 3.08. The molecule has 1 aliphatic rings. The van der Waals surface area contributed by atoms with E-state index < -0.39 is 42.2 Å². The number of hydrogen-bond acceptors (Lipinski definition) is 2. The monoisotopic (exact) mass is 345 g/mol. The van der Waals surface area contributed by atoms with Gasteiger partial charge in [-0.3, -0.25) is 9.69 Å². The second-order valence-electron chi connectivity index (χ2n) is 5.02. The van der Waals surface area contributed by atoms with E-state index in [0.29, 0.717) is 0 Å². The third-order valence-electron chi connectivity index (χ3n) is 3.53. The Bertz CT molecular complexity index is 552. The van der Waals surface area contributed by atoms with E-state index >= 15 is 0 Å². The predicted molar refractivity (Wildman–Crippen MR) is 69.6 cm³/mol. The molecular weight excluding hydrogens is 333 g/mol. The molecule has 1 heterocycles. The van der Waals surface area contributed by atoms with Gasteiger partial charge in [0.1, 0.15) is 11.6 Å². The summed E-state index contributed by atoms with van der Waals surface area (Å²) < 4.78 is 64.9. The van der Waals surface area contributed by atoms with Crippen LogP contribution in [0.2, 0.25) is 0 Å². The largest absolute Gasteiger partial charge is 0.481 e. The van der Waals surface area contributed by atoms with Gasteiger partial charge >= 0.3 is 12.1 Å².